The van der Waals surface area contributed by atoms with E-state index in [0.717, 1.165) is 36.3 Å². The van der Waals surface area contributed by atoms with Crippen LogP contribution in [0.5, 0.6) is 11.5 Å². The van der Waals surface area contributed by atoms with Gasteiger partial charge in [0.15, 0.2) is 0 Å². The van der Waals surface area contributed by atoms with E-state index < -0.39 is 0 Å². The van der Waals surface area contributed by atoms with Crippen LogP contribution in [0.1, 0.15) is 31.7 Å². The average Bonchev–Trinajstić information content (AvgIpc) is 2.62. The summed E-state index contributed by atoms with van der Waals surface area (Å²) in [6, 6.07) is 18.0. The second-order valence-corrected chi connectivity index (χ2v) is 5.93. The highest BCUT2D eigenvalue weighted by molar-refractivity contribution is 5.33. The first-order valence-electron chi connectivity index (χ1n) is 8.41. The predicted octanol–water partition coefficient (Wildman–Crippen LogP) is 4.81. The Bertz CT molecular complexity index is 597. The van der Waals surface area contributed by atoms with Crippen molar-refractivity contribution in [3.8, 4) is 11.5 Å². The quantitative estimate of drug-likeness (QED) is 0.734. The van der Waals surface area contributed by atoms with Crippen LogP contribution in [0.25, 0.3) is 0 Å². The molecule has 0 spiro atoms. The summed E-state index contributed by atoms with van der Waals surface area (Å²) in [7, 11) is 0. The minimum Gasteiger partial charge on any atom is -0.493 e. The van der Waals surface area contributed by atoms with Crippen LogP contribution in [0.15, 0.2) is 54.6 Å². The molecule has 3 rings (SSSR count). The van der Waals surface area contributed by atoms with Gasteiger partial charge in [0.2, 0.25) is 6.29 Å². The number of fused-ring (bicyclic) bond motifs is 1. The summed E-state index contributed by atoms with van der Waals surface area (Å²) >= 11 is 0. The second-order valence-electron chi connectivity index (χ2n) is 5.93. The molecule has 1 aliphatic heterocycles. The molecule has 0 amide bonds. The zero-order chi connectivity index (χ0) is 15.9. The fraction of sp³-hybridized carbons (Fsp3) is 0.400. The van der Waals surface area contributed by atoms with Gasteiger partial charge in [0.25, 0.3) is 0 Å². The number of unbranched alkanes of at least 4 members (excludes halogenated alkanes) is 1. The van der Waals surface area contributed by atoms with Gasteiger partial charge >= 0.3 is 0 Å². The third kappa shape index (κ3) is 4.26. The number of para-hydroxylation sites is 2. The summed E-state index contributed by atoms with van der Waals surface area (Å²) in [5.41, 5.74) is 1.11. The Morgan fingerprint density at radius 1 is 1.09 bits per heavy atom. The van der Waals surface area contributed by atoms with E-state index in [9.17, 15) is 0 Å². The van der Waals surface area contributed by atoms with Gasteiger partial charge in [0.05, 0.1) is 19.1 Å². The van der Waals surface area contributed by atoms with Crippen molar-refractivity contribution in [1.29, 1.82) is 0 Å². The first-order valence-corrected chi connectivity index (χ1v) is 8.41. The molecule has 0 saturated carbocycles. The highest BCUT2D eigenvalue weighted by Gasteiger charge is 2.28. The second kappa shape index (κ2) is 8.02. The van der Waals surface area contributed by atoms with Gasteiger partial charge in [-0.15, -0.1) is 0 Å². The largest absolute Gasteiger partial charge is 0.493 e. The Morgan fingerprint density at radius 3 is 2.70 bits per heavy atom. The van der Waals surface area contributed by atoms with Crippen LogP contribution in [0.4, 0.5) is 0 Å². The molecule has 2 unspecified atom stereocenters. The maximum atomic E-state index is 6.08. The molecule has 23 heavy (non-hydrogen) atoms. The van der Waals surface area contributed by atoms with Gasteiger partial charge in [-0.2, -0.15) is 0 Å². The molecule has 2 aromatic rings. The van der Waals surface area contributed by atoms with Crippen molar-refractivity contribution in [2.75, 3.05) is 6.61 Å². The molecule has 1 aliphatic rings. The van der Waals surface area contributed by atoms with E-state index in [-0.39, 0.29) is 12.2 Å². The number of hydrogen-bond acceptors (Lipinski definition) is 3. The molecule has 0 saturated heterocycles. The lowest BCUT2D eigenvalue weighted by molar-refractivity contribution is -0.148. The SMILES string of the molecule is CCCCC(COc1ccccc1)C1OCc2ccccc2O1. The van der Waals surface area contributed by atoms with Gasteiger partial charge in [-0.25, -0.2) is 0 Å². The van der Waals surface area contributed by atoms with Crippen LogP contribution < -0.4 is 9.47 Å². The zero-order valence-electron chi connectivity index (χ0n) is 13.6. The number of benzene rings is 2. The molecule has 1 heterocycles. The molecule has 0 radical (unpaired) electrons. The Kier molecular flexibility index (Phi) is 5.54. The zero-order valence-corrected chi connectivity index (χ0v) is 13.6. The highest BCUT2D eigenvalue weighted by Crippen LogP contribution is 2.30. The van der Waals surface area contributed by atoms with Gasteiger partial charge in [-0.1, -0.05) is 56.2 Å². The summed E-state index contributed by atoms with van der Waals surface area (Å²) in [6.45, 7) is 3.42. The predicted molar refractivity (Wildman–Crippen MR) is 90.6 cm³/mol. The van der Waals surface area contributed by atoms with E-state index in [4.69, 9.17) is 14.2 Å². The molecular formula is C20H24O3. The molecule has 3 heteroatoms. The maximum absolute atomic E-state index is 6.08. The Labute approximate surface area is 138 Å². The highest BCUT2D eigenvalue weighted by atomic mass is 16.7. The molecule has 3 nitrogen and oxygen atoms in total. The van der Waals surface area contributed by atoms with Crippen LogP contribution in [-0.4, -0.2) is 12.9 Å². The van der Waals surface area contributed by atoms with Crippen molar-refractivity contribution in [2.24, 2.45) is 5.92 Å². The topological polar surface area (TPSA) is 27.7 Å². The van der Waals surface area contributed by atoms with Crippen LogP contribution in [0, 0.1) is 5.92 Å². The third-order valence-corrected chi connectivity index (χ3v) is 4.14. The smallest absolute Gasteiger partial charge is 0.206 e. The fourth-order valence-electron chi connectivity index (χ4n) is 2.79. The van der Waals surface area contributed by atoms with Gasteiger partial charge < -0.3 is 14.2 Å². The standard InChI is InChI=1S/C20H24O3/c1-2-3-9-17(15-21-18-11-5-4-6-12-18)20-22-14-16-10-7-8-13-19(16)23-20/h4-8,10-13,17,20H,2-3,9,14-15H2,1H3. The molecule has 0 fully saturated rings. The lowest BCUT2D eigenvalue weighted by Crippen LogP contribution is -2.36. The van der Waals surface area contributed by atoms with E-state index in [1.165, 1.54) is 0 Å². The summed E-state index contributed by atoms with van der Waals surface area (Å²) < 4.78 is 18.0. The van der Waals surface area contributed by atoms with Crippen LogP contribution in [-0.2, 0) is 11.3 Å². The van der Waals surface area contributed by atoms with Gasteiger partial charge in [0.1, 0.15) is 11.5 Å². The normalized spacial score (nSPS) is 17.9. The van der Waals surface area contributed by atoms with Crippen molar-refractivity contribution < 1.29 is 14.2 Å². The van der Waals surface area contributed by atoms with Crippen molar-refractivity contribution in [1.82, 2.24) is 0 Å². The van der Waals surface area contributed by atoms with E-state index in [1.807, 2.05) is 54.6 Å². The molecule has 0 bridgehead atoms. The first-order chi connectivity index (χ1) is 11.4. The van der Waals surface area contributed by atoms with Crippen molar-refractivity contribution >= 4 is 0 Å². The minimum absolute atomic E-state index is 0.225. The van der Waals surface area contributed by atoms with Gasteiger partial charge in [-0.3, -0.25) is 0 Å². The van der Waals surface area contributed by atoms with Gasteiger partial charge in [0, 0.05) is 5.56 Å². The van der Waals surface area contributed by atoms with E-state index >= 15 is 0 Å². The number of hydrogen-bond donors (Lipinski definition) is 0. The fourth-order valence-corrected chi connectivity index (χ4v) is 2.79. The molecular weight excluding hydrogens is 288 g/mol. The van der Waals surface area contributed by atoms with Crippen molar-refractivity contribution in [3.05, 3.63) is 60.2 Å². The lowest BCUT2D eigenvalue weighted by atomic mass is 10.0. The number of rotatable bonds is 7. The average molecular weight is 312 g/mol. The van der Waals surface area contributed by atoms with Gasteiger partial charge in [-0.05, 0) is 24.6 Å². The Morgan fingerprint density at radius 2 is 1.87 bits per heavy atom. The van der Waals surface area contributed by atoms with E-state index in [0.29, 0.717) is 13.2 Å². The van der Waals surface area contributed by atoms with Crippen LogP contribution >= 0.6 is 0 Å². The monoisotopic (exact) mass is 312 g/mol. The first kappa shape index (κ1) is 15.9. The number of ether oxygens (including phenoxy) is 3. The maximum Gasteiger partial charge on any atom is 0.206 e. The summed E-state index contributed by atoms with van der Waals surface area (Å²) in [4.78, 5) is 0. The molecule has 0 aliphatic carbocycles. The molecule has 2 atom stereocenters. The van der Waals surface area contributed by atoms with E-state index in [1.54, 1.807) is 0 Å². The lowest BCUT2D eigenvalue weighted by Gasteiger charge is -2.32. The van der Waals surface area contributed by atoms with E-state index in [2.05, 4.69) is 6.92 Å². The van der Waals surface area contributed by atoms with Crippen LogP contribution in [0.2, 0.25) is 0 Å². The molecule has 2 aromatic carbocycles. The molecule has 0 N–H and O–H groups in total. The molecule has 0 aromatic heterocycles. The van der Waals surface area contributed by atoms with Crippen molar-refractivity contribution in [2.45, 2.75) is 39.1 Å². The summed E-state index contributed by atoms with van der Waals surface area (Å²) in [5.74, 6) is 2.05. The van der Waals surface area contributed by atoms with Crippen LogP contribution in [0.3, 0.4) is 0 Å². The summed E-state index contributed by atoms with van der Waals surface area (Å²) in [6.07, 6.45) is 3.11. The Balaban J connectivity index is 1.64. The summed E-state index contributed by atoms with van der Waals surface area (Å²) in [5, 5.41) is 0. The van der Waals surface area contributed by atoms with Crippen molar-refractivity contribution in [3.63, 3.8) is 0 Å². The Hall–Kier alpha value is -2.00. The molecule has 122 valence electrons. The third-order valence-electron chi connectivity index (χ3n) is 4.14. The minimum atomic E-state index is -0.236.